The Morgan fingerprint density at radius 3 is 2.35 bits per heavy atom. The van der Waals surface area contributed by atoms with Crippen LogP contribution in [-0.4, -0.2) is 45.2 Å². The highest BCUT2D eigenvalue weighted by molar-refractivity contribution is 8.00. The number of Topliss-reactive ketones (excluding diaryl/α,β-unsaturated/α-hetero) is 1. The van der Waals surface area contributed by atoms with Gasteiger partial charge in [-0.15, -0.1) is 0 Å². The minimum absolute atomic E-state index is 0.0916. The van der Waals surface area contributed by atoms with Gasteiger partial charge < -0.3 is 20.1 Å². The van der Waals surface area contributed by atoms with Crippen molar-refractivity contribution in [3.63, 3.8) is 0 Å². The molecule has 0 radical (unpaired) electrons. The third kappa shape index (κ3) is 11.6. The summed E-state index contributed by atoms with van der Waals surface area (Å²) in [4.78, 5) is 52.8. The lowest BCUT2D eigenvalue weighted by Gasteiger charge is -2.24. The quantitative estimate of drug-likeness (QED) is 0.0535. The molecule has 2 N–H and O–H groups in total. The first-order valence-corrected chi connectivity index (χ1v) is 18.0. The zero-order valence-corrected chi connectivity index (χ0v) is 31.7. The van der Waals surface area contributed by atoms with E-state index in [0.29, 0.717) is 28.8 Å². The van der Waals surface area contributed by atoms with E-state index >= 15 is 0 Å². The molecule has 1 heterocycles. The van der Waals surface area contributed by atoms with E-state index in [1.807, 2.05) is 32.0 Å². The number of ketones is 1. The van der Waals surface area contributed by atoms with Crippen LogP contribution in [0.1, 0.15) is 63.3 Å². The highest BCUT2D eigenvalue weighted by Crippen LogP contribution is 2.31. The number of aryl methyl sites for hydroxylation is 2. The lowest BCUT2D eigenvalue weighted by molar-refractivity contribution is -0.144. The van der Waals surface area contributed by atoms with Crippen LogP contribution in [0.15, 0.2) is 78.0 Å². The number of nitrogens with one attached hydrogen (secondary N) is 2. The molecule has 0 bridgehead atoms. The Morgan fingerprint density at radius 1 is 0.941 bits per heavy atom. The summed E-state index contributed by atoms with van der Waals surface area (Å²) in [6.45, 7) is 11.3. The van der Waals surface area contributed by atoms with Crippen molar-refractivity contribution in [2.45, 2.75) is 77.3 Å². The van der Waals surface area contributed by atoms with E-state index in [4.69, 9.17) is 32.7 Å². The topological polar surface area (TPSA) is 129 Å². The van der Waals surface area contributed by atoms with Crippen molar-refractivity contribution in [2.24, 2.45) is 5.41 Å². The summed E-state index contributed by atoms with van der Waals surface area (Å²) in [6, 6.07) is 17.9. The number of anilines is 2. The molecule has 0 aliphatic carbocycles. The van der Waals surface area contributed by atoms with Crippen LogP contribution < -0.4 is 15.4 Å². The van der Waals surface area contributed by atoms with Crippen molar-refractivity contribution in [1.82, 2.24) is 9.78 Å². The Hall–Kier alpha value is -4.32. The van der Waals surface area contributed by atoms with Crippen LogP contribution in [0.3, 0.4) is 0 Å². The molecule has 0 aliphatic heterocycles. The van der Waals surface area contributed by atoms with Gasteiger partial charge in [0.15, 0.2) is 11.8 Å². The van der Waals surface area contributed by atoms with Gasteiger partial charge in [-0.25, -0.2) is 0 Å². The summed E-state index contributed by atoms with van der Waals surface area (Å²) < 4.78 is 12.5. The molecule has 10 nitrogen and oxygen atoms in total. The normalized spacial score (nSPS) is 12.5. The second kappa shape index (κ2) is 17.7. The molecule has 270 valence electrons. The molecule has 0 saturated heterocycles. The average Bonchev–Trinajstić information content (AvgIpc) is 3.52. The summed E-state index contributed by atoms with van der Waals surface area (Å²) >= 11 is 13.5. The van der Waals surface area contributed by atoms with Crippen molar-refractivity contribution in [1.29, 1.82) is 0 Å². The number of nitrogens with zero attached hydrogens (tertiary/aromatic N) is 2. The van der Waals surface area contributed by atoms with Gasteiger partial charge in [0.2, 0.25) is 5.91 Å². The van der Waals surface area contributed by atoms with Crippen LogP contribution >= 0.6 is 35.0 Å². The predicted molar refractivity (Wildman–Crippen MR) is 202 cm³/mol. The van der Waals surface area contributed by atoms with Crippen LogP contribution in [0.5, 0.6) is 5.75 Å². The molecule has 0 aliphatic rings. The van der Waals surface area contributed by atoms with Crippen molar-refractivity contribution in [2.75, 3.05) is 17.2 Å². The number of ether oxygens (including phenoxy) is 2. The lowest BCUT2D eigenvalue weighted by Crippen LogP contribution is -2.39. The smallest absolute Gasteiger partial charge is 0.319 e. The monoisotopic (exact) mass is 752 g/mol. The maximum atomic E-state index is 13.8. The molecular formula is C38H42Cl2N4O6S. The molecule has 2 unspecified atom stereocenters. The minimum atomic E-state index is -1.35. The van der Waals surface area contributed by atoms with Crippen molar-refractivity contribution >= 4 is 69.9 Å². The number of aromatic nitrogens is 2. The Bertz CT molecular complexity index is 1870. The van der Waals surface area contributed by atoms with E-state index in [1.165, 1.54) is 16.9 Å². The van der Waals surface area contributed by atoms with Gasteiger partial charge >= 0.3 is 5.97 Å². The zero-order valence-electron chi connectivity index (χ0n) is 29.4. The molecule has 2 amide bonds. The maximum absolute atomic E-state index is 13.8. The number of carbonyl (C=O) groups is 4. The summed E-state index contributed by atoms with van der Waals surface area (Å²) in [6.07, 6.45) is 2.24. The average molecular weight is 754 g/mol. The van der Waals surface area contributed by atoms with Gasteiger partial charge in [-0.2, -0.15) is 5.10 Å². The van der Waals surface area contributed by atoms with Gasteiger partial charge in [-0.05, 0) is 80.8 Å². The molecule has 0 saturated carbocycles. The second-order valence-electron chi connectivity index (χ2n) is 13.1. The number of amides is 2. The fraction of sp³-hybridized carbons (Fsp3) is 0.342. The first-order chi connectivity index (χ1) is 24.1. The van der Waals surface area contributed by atoms with Crippen LogP contribution in [0.25, 0.3) is 0 Å². The number of hydrogen-bond acceptors (Lipinski definition) is 8. The highest BCUT2D eigenvalue weighted by Gasteiger charge is 2.37. The van der Waals surface area contributed by atoms with E-state index in [1.54, 1.807) is 70.2 Å². The molecule has 4 rings (SSSR count). The van der Waals surface area contributed by atoms with Crippen LogP contribution in [0.4, 0.5) is 11.4 Å². The van der Waals surface area contributed by atoms with Crippen LogP contribution in [0.2, 0.25) is 10.0 Å². The molecule has 1 aromatic heterocycles. The third-order valence-corrected chi connectivity index (χ3v) is 9.24. The fourth-order valence-electron chi connectivity index (χ4n) is 4.88. The molecule has 2 atom stereocenters. The van der Waals surface area contributed by atoms with Crippen LogP contribution in [-0.2, 0) is 30.5 Å². The maximum Gasteiger partial charge on any atom is 0.319 e. The fourth-order valence-corrected chi connectivity index (χ4v) is 5.98. The molecular weight excluding hydrogens is 711 g/mol. The van der Waals surface area contributed by atoms with Gasteiger partial charge in [0.25, 0.3) is 5.91 Å². The molecule has 0 spiro atoms. The van der Waals surface area contributed by atoms with E-state index < -0.39 is 34.4 Å². The second-order valence-corrected chi connectivity index (χ2v) is 15.3. The number of hydrogen-bond donors (Lipinski definition) is 2. The Labute approximate surface area is 312 Å². The van der Waals surface area contributed by atoms with E-state index in [9.17, 15) is 19.2 Å². The summed E-state index contributed by atoms with van der Waals surface area (Å²) in [7, 11) is 0. The van der Waals surface area contributed by atoms with Gasteiger partial charge in [0, 0.05) is 28.7 Å². The lowest BCUT2D eigenvalue weighted by atomic mass is 9.86. The van der Waals surface area contributed by atoms with Gasteiger partial charge in [0.1, 0.15) is 22.6 Å². The first-order valence-electron chi connectivity index (χ1n) is 16.4. The predicted octanol–water partition coefficient (Wildman–Crippen LogP) is 8.62. The minimum Gasteiger partial charge on any atom is -0.493 e. The number of carbonyl (C=O) groups excluding carboxylic acids is 4. The molecule has 13 heteroatoms. The SMILES string of the molecule is Cc1ccc(OCCCC(=O)Nc2ccc(Cl)c(NC(=O)C(C(=O)C(C)(C)C)n3ccc(SC(C)C(=O)OCc4ccc(Cl)cc4)n3)c2)c(C)c1. The molecule has 0 fully saturated rings. The number of halogens is 2. The number of rotatable bonds is 15. The number of esters is 1. The van der Waals surface area contributed by atoms with Gasteiger partial charge in [-0.3, -0.25) is 23.9 Å². The highest BCUT2D eigenvalue weighted by atomic mass is 35.5. The van der Waals surface area contributed by atoms with Crippen LogP contribution in [0, 0.1) is 19.3 Å². The largest absolute Gasteiger partial charge is 0.493 e. The summed E-state index contributed by atoms with van der Waals surface area (Å²) in [5, 5.41) is 10.7. The first kappa shape index (κ1) is 39.5. The van der Waals surface area contributed by atoms with E-state index in [2.05, 4.69) is 15.7 Å². The van der Waals surface area contributed by atoms with E-state index in [0.717, 1.165) is 34.2 Å². The van der Waals surface area contributed by atoms with Gasteiger partial charge in [0.05, 0.1) is 17.3 Å². The van der Waals surface area contributed by atoms with Gasteiger partial charge in [-0.1, -0.05) is 85.6 Å². The number of thioether (sulfide) groups is 1. The van der Waals surface area contributed by atoms with E-state index in [-0.39, 0.29) is 29.6 Å². The number of benzene rings is 3. The summed E-state index contributed by atoms with van der Waals surface area (Å²) in [5.74, 6) is -0.952. The molecule has 3 aromatic carbocycles. The standard InChI is InChI=1S/C38H42Cl2N4O6S/c1-23-9-16-31(24(2)20-23)49-19-7-8-32(45)41-28-14-15-29(40)30(21-28)42-36(47)34(35(46)38(4,5)6)44-18-17-33(43-44)51-25(3)37(48)50-22-26-10-12-27(39)13-11-26/h9-18,20-21,25,34H,7-8,19,22H2,1-6H3,(H,41,45)(H,42,47). The molecule has 51 heavy (non-hydrogen) atoms. The summed E-state index contributed by atoms with van der Waals surface area (Å²) in [5.41, 5.74) is 2.71. The molecule has 4 aromatic rings. The Balaban J connectivity index is 1.38. The Morgan fingerprint density at radius 2 is 1.67 bits per heavy atom. The van der Waals surface area contributed by atoms with Crippen molar-refractivity contribution in [3.8, 4) is 5.75 Å². The van der Waals surface area contributed by atoms with Crippen molar-refractivity contribution < 1.29 is 28.7 Å². The Kier molecular flexibility index (Phi) is 13.7. The van der Waals surface area contributed by atoms with Crippen molar-refractivity contribution in [3.05, 3.63) is 99.7 Å². The zero-order chi connectivity index (χ0) is 37.3. The third-order valence-electron chi connectivity index (χ3n) is 7.65.